The first kappa shape index (κ1) is 13.0. The van der Waals surface area contributed by atoms with Crippen molar-refractivity contribution in [1.82, 2.24) is 4.90 Å². The zero-order chi connectivity index (χ0) is 12.0. The van der Waals surface area contributed by atoms with Crippen LogP contribution in [0.15, 0.2) is 24.3 Å². The van der Waals surface area contributed by atoms with E-state index < -0.39 is 0 Å². The Morgan fingerprint density at radius 2 is 2.12 bits per heavy atom. The number of hydrogen-bond donors (Lipinski definition) is 1. The van der Waals surface area contributed by atoms with E-state index in [0.717, 1.165) is 18.8 Å². The Bertz CT molecular complexity index is 313. The Morgan fingerprint density at radius 1 is 1.38 bits per heavy atom. The van der Waals surface area contributed by atoms with Crippen LogP contribution >= 0.6 is 0 Å². The van der Waals surface area contributed by atoms with Crippen molar-refractivity contribution in [3.05, 3.63) is 29.8 Å². The van der Waals surface area contributed by atoms with Crippen LogP contribution in [0, 0.1) is 0 Å². The number of rotatable bonds is 6. The molecule has 0 fully saturated rings. The van der Waals surface area contributed by atoms with E-state index in [2.05, 4.69) is 55.5 Å². The summed E-state index contributed by atoms with van der Waals surface area (Å²) in [6.45, 7) is 3.80. The fourth-order valence-electron chi connectivity index (χ4n) is 1.70. The third-order valence-corrected chi connectivity index (χ3v) is 2.26. The van der Waals surface area contributed by atoms with Crippen LogP contribution in [-0.4, -0.2) is 38.8 Å². The van der Waals surface area contributed by atoms with Gasteiger partial charge >= 0.3 is 0 Å². The molecule has 1 unspecified atom stereocenters. The molecule has 3 nitrogen and oxygen atoms in total. The molecule has 0 amide bonds. The van der Waals surface area contributed by atoms with Crippen molar-refractivity contribution >= 4 is 5.69 Å². The van der Waals surface area contributed by atoms with Crippen molar-refractivity contribution in [3.8, 4) is 0 Å². The van der Waals surface area contributed by atoms with Crippen LogP contribution in [0.5, 0.6) is 0 Å². The third kappa shape index (κ3) is 4.64. The maximum atomic E-state index is 5.10. The van der Waals surface area contributed by atoms with Gasteiger partial charge in [-0.3, -0.25) is 0 Å². The molecule has 1 atom stereocenters. The van der Waals surface area contributed by atoms with E-state index >= 15 is 0 Å². The number of anilines is 1. The van der Waals surface area contributed by atoms with Gasteiger partial charge in [-0.05, 0) is 38.7 Å². The quantitative estimate of drug-likeness (QED) is 0.798. The minimum absolute atomic E-state index is 0.333. The predicted octanol–water partition coefficient (Wildman–Crippen LogP) is 2.20. The summed E-state index contributed by atoms with van der Waals surface area (Å²) in [6.07, 6.45) is 0. The normalized spacial score (nSPS) is 12.8. The summed E-state index contributed by atoms with van der Waals surface area (Å²) in [5.74, 6) is 0. The van der Waals surface area contributed by atoms with Crippen LogP contribution in [0.4, 0.5) is 5.69 Å². The largest absolute Gasteiger partial charge is 0.383 e. The van der Waals surface area contributed by atoms with E-state index in [1.54, 1.807) is 7.11 Å². The van der Waals surface area contributed by atoms with E-state index in [4.69, 9.17) is 4.74 Å². The number of nitrogens with zero attached hydrogens (tertiary/aromatic N) is 1. The lowest BCUT2D eigenvalue weighted by Crippen LogP contribution is -2.20. The minimum Gasteiger partial charge on any atom is -0.383 e. The number of benzene rings is 1. The first-order valence-electron chi connectivity index (χ1n) is 5.61. The highest BCUT2D eigenvalue weighted by Crippen LogP contribution is 2.12. The van der Waals surface area contributed by atoms with Crippen molar-refractivity contribution in [2.45, 2.75) is 19.5 Å². The van der Waals surface area contributed by atoms with E-state index in [0.29, 0.717) is 6.04 Å². The summed E-state index contributed by atoms with van der Waals surface area (Å²) < 4.78 is 5.10. The van der Waals surface area contributed by atoms with Crippen LogP contribution in [0.3, 0.4) is 0 Å². The second-order valence-corrected chi connectivity index (χ2v) is 4.44. The Kier molecular flexibility index (Phi) is 5.29. The molecule has 1 rings (SSSR count). The molecular formula is C13H22N2O. The van der Waals surface area contributed by atoms with Gasteiger partial charge in [0.25, 0.3) is 0 Å². The number of methoxy groups -OCH3 is 1. The van der Waals surface area contributed by atoms with Gasteiger partial charge in [-0.2, -0.15) is 0 Å². The summed E-state index contributed by atoms with van der Waals surface area (Å²) in [5, 5.41) is 3.41. The fraction of sp³-hybridized carbons (Fsp3) is 0.538. The van der Waals surface area contributed by atoms with Gasteiger partial charge in [-0.1, -0.05) is 12.1 Å². The molecule has 0 saturated carbocycles. The average molecular weight is 222 g/mol. The molecule has 0 bridgehead atoms. The molecule has 0 aliphatic rings. The third-order valence-electron chi connectivity index (χ3n) is 2.26. The monoisotopic (exact) mass is 222 g/mol. The molecule has 0 heterocycles. The molecule has 3 heteroatoms. The van der Waals surface area contributed by atoms with Crippen LogP contribution in [-0.2, 0) is 11.3 Å². The lowest BCUT2D eigenvalue weighted by atomic mass is 10.2. The Labute approximate surface area is 98.4 Å². The van der Waals surface area contributed by atoms with Gasteiger partial charge < -0.3 is 15.0 Å². The summed E-state index contributed by atoms with van der Waals surface area (Å²) in [4.78, 5) is 2.16. The SMILES string of the molecule is COCC(C)Nc1cccc(CN(C)C)c1. The first-order valence-corrected chi connectivity index (χ1v) is 5.61. The molecule has 0 saturated heterocycles. The molecule has 0 radical (unpaired) electrons. The van der Waals surface area contributed by atoms with E-state index in [-0.39, 0.29) is 0 Å². The van der Waals surface area contributed by atoms with Crippen molar-refractivity contribution in [2.75, 3.05) is 33.1 Å². The van der Waals surface area contributed by atoms with Gasteiger partial charge in [0, 0.05) is 25.4 Å². The van der Waals surface area contributed by atoms with Gasteiger partial charge in [0.05, 0.1) is 6.61 Å². The average Bonchev–Trinajstić information content (AvgIpc) is 2.17. The number of hydrogen-bond acceptors (Lipinski definition) is 3. The molecule has 90 valence electrons. The molecule has 1 N–H and O–H groups in total. The van der Waals surface area contributed by atoms with E-state index in [1.165, 1.54) is 5.56 Å². The predicted molar refractivity (Wildman–Crippen MR) is 68.8 cm³/mol. The highest BCUT2D eigenvalue weighted by molar-refractivity contribution is 5.46. The standard InChI is InChI=1S/C13H22N2O/c1-11(10-16-4)14-13-7-5-6-12(8-13)9-15(2)3/h5-8,11,14H,9-10H2,1-4H3. The topological polar surface area (TPSA) is 24.5 Å². The highest BCUT2D eigenvalue weighted by Gasteiger charge is 2.02. The molecular weight excluding hydrogens is 200 g/mol. The summed E-state index contributed by atoms with van der Waals surface area (Å²) >= 11 is 0. The van der Waals surface area contributed by atoms with Crippen molar-refractivity contribution in [1.29, 1.82) is 0 Å². The number of ether oxygens (including phenoxy) is 1. The van der Waals surface area contributed by atoms with Crippen LogP contribution < -0.4 is 5.32 Å². The summed E-state index contributed by atoms with van der Waals surface area (Å²) in [6, 6.07) is 8.84. The fourth-order valence-corrected chi connectivity index (χ4v) is 1.70. The van der Waals surface area contributed by atoms with Crippen LogP contribution in [0.1, 0.15) is 12.5 Å². The highest BCUT2D eigenvalue weighted by atomic mass is 16.5. The Balaban J connectivity index is 2.59. The van der Waals surface area contributed by atoms with Crippen molar-refractivity contribution in [2.24, 2.45) is 0 Å². The minimum atomic E-state index is 0.333. The smallest absolute Gasteiger partial charge is 0.0661 e. The zero-order valence-electron chi connectivity index (χ0n) is 10.7. The van der Waals surface area contributed by atoms with Crippen molar-refractivity contribution in [3.63, 3.8) is 0 Å². The summed E-state index contributed by atoms with van der Waals surface area (Å²) in [7, 11) is 5.88. The van der Waals surface area contributed by atoms with Crippen LogP contribution in [0.2, 0.25) is 0 Å². The molecule has 0 aromatic heterocycles. The lowest BCUT2D eigenvalue weighted by Gasteiger charge is -2.16. The second-order valence-electron chi connectivity index (χ2n) is 4.44. The van der Waals surface area contributed by atoms with Crippen molar-refractivity contribution < 1.29 is 4.74 Å². The van der Waals surface area contributed by atoms with E-state index in [1.807, 2.05) is 0 Å². The Hall–Kier alpha value is -1.06. The molecule has 1 aromatic carbocycles. The van der Waals surface area contributed by atoms with Gasteiger partial charge in [-0.15, -0.1) is 0 Å². The van der Waals surface area contributed by atoms with Crippen LogP contribution in [0.25, 0.3) is 0 Å². The zero-order valence-corrected chi connectivity index (χ0v) is 10.7. The first-order chi connectivity index (χ1) is 7.61. The molecule has 16 heavy (non-hydrogen) atoms. The lowest BCUT2D eigenvalue weighted by molar-refractivity contribution is 0.190. The van der Waals surface area contributed by atoms with Gasteiger partial charge in [0.15, 0.2) is 0 Å². The maximum Gasteiger partial charge on any atom is 0.0661 e. The molecule has 0 aliphatic carbocycles. The molecule has 0 spiro atoms. The Morgan fingerprint density at radius 3 is 2.75 bits per heavy atom. The number of nitrogens with one attached hydrogen (secondary N) is 1. The molecule has 1 aromatic rings. The van der Waals surface area contributed by atoms with Gasteiger partial charge in [0.2, 0.25) is 0 Å². The maximum absolute atomic E-state index is 5.10. The van der Waals surface area contributed by atoms with E-state index in [9.17, 15) is 0 Å². The summed E-state index contributed by atoms with van der Waals surface area (Å²) in [5.41, 5.74) is 2.48. The van der Waals surface area contributed by atoms with Gasteiger partial charge in [0.1, 0.15) is 0 Å². The second kappa shape index (κ2) is 6.51. The van der Waals surface area contributed by atoms with Gasteiger partial charge in [-0.25, -0.2) is 0 Å². The molecule has 0 aliphatic heterocycles.